The van der Waals surface area contributed by atoms with Crippen molar-refractivity contribution in [3.8, 4) is 10.6 Å². The number of hydrogen-bond acceptors (Lipinski definition) is 7. The van der Waals surface area contributed by atoms with Gasteiger partial charge in [-0.25, -0.2) is 9.37 Å². The van der Waals surface area contributed by atoms with Gasteiger partial charge in [-0.2, -0.15) is 0 Å². The zero-order valence-electron chi connectivity index (χ0n) is 19.6. The fraction of sp³-hybridized carbons (Fsp3) is 0.462. The first kappa shape index (κ1) is 22.5. The molecule has 2 saturated heterocycles. The molecule has 1 unspecified atom stereocenters. The molecule has 6 rings (SSSR count). The Morgan fingerprint density at radius 3 is 2.66 bits per heavy atom. The van der Waals surface area contributed by atoms with Crippen molar-refractivity contribution in [2.45, 2.75) is 50.7 Å². The van der Waals surface area contributed by atoms with E-state index in [0.29, 0.717) is 18.1 Å². The van der Waals surface area contributed by atoms with Gasteiger partial charge >= 0.3 is 0 Å². The first-order valence-electron chi connectivity index (χ1n) is 12.5. The number of alkyl halides is 1. The molecule has 0 aromatic carbocycles. The van der Waals surface area contributed by atoms with E-state index in [1.54, 1.807) is 34.1 Å². The van der Waals surface area contributed by atoms with Gasteiger partial charge in [0.25, 0.3) is 5.56 Å². The third-order valence-corrected chi connectivity index (χ3v) is 8.38. The Balaban J connectivity index is 1.27. The zero-order chi connectivity index (χ0) is 23.8. The number of allylic oxidation sites excluding steroid dienone is 4. The SMILES string of the molecule is O=c1ccnc2c(C3=CCC(F)C=C3)cc(-c3nnc(N4CCC(N5CCCCC5)CC4)s3)cn12. The van der Waals surface area contributed by atoms with Gasteiger partial charge in [-0.15, -0.1) is 10.2 Å². The molecule has 0 saturated carbocycles. The summed E-state index contributed by atoms with van der Waals surface area (Å²) in [6, 6.07) is 4.12. The Hall–Kier alpha value is -2.91. The normalized spacial score (nSPS) is 22.0. The highest BCUT2D eigenvalue weighted by Gasteiger charge is 2.27. The monoisotopic (exact) mass is 492 g/mol. The van der Waals surface area contributed by atoms with E-state index in [4.69, 9.17) is 0 Å². The van der Waals surface area contributed by atoms with E-state index in [1.165, 1.54) is 44.6 Å². The molecule has 2 fully saturated rings. The van der Waals surface area contributed by atoms with Crippen LogP contribution in [-0.4, -0.2) is 62.9 Å². The van der Waals surface area contributed by atoms with Crippen molar-refractivity contribution in [1.82, 2.24) is 24.5 Å². The van der Waals surface area contributed by atoms with Crippen LogP contribution in [0, 0.1) is 0 Å². The maximum absolute atomic E-state index is 13.7. The lowest BCUT2D eigenvalue weighted by atomic mass is 9.98. The summed E-state index contributed by atoms with van der Waals surface area (Å²) in [7, 11) is 0. The van der Waals surface area contributed by atoms with E-state index in [0.717, 1.165) is 52.8 Å². The predicted octanol–water partition coefficient (Wildman–Crippen LogP) is 4.35. The third kappa shape index (κ3) is 4.54. The second kappa shape index (κ2) is 9.62. The van der Waals surface area contributed by atoms with Crippen LogP contribution in [0.25, 0.3) is 21.8 Å². The molecule has 0 radical (unpaired) electrons. The van der Waals surface area contributed by atoms with Crippen LogP contribution in [0.1, 0.15) is 44.1 Å². The first-order chi connectivity index (χ1) is 17.2. The van der Waals surface area contributed by atoms with Crippen LogP contribution >= 0.6 is 11.3 Å². The van der Waals surface area contributed by atoms with Crippen molar-refractivity contribution >= 4 is 27.7 Å². The molecule has 0 amide bonds. The summed E-state index contributed by atoms with van der Waals surface area (Å²) < 4.78 is 15.2. The molecule has 9 heteroatoms. The molecule has 3 aromatic rings. The molecule has 0 N–H and O–H groups in total. The number of nitrogens with zero attached hydrogens (tertiary/aromatic N) is 6. The summed E-state index contributed by atoms with van der Waals surface area (Å²) in [4.78, 5) is 22.1. The summed E-state index contributed by atoms with van der Waals surface area (Å²) in [6.07, 6.45) is 14.2. The van der Waals surface area contributed by atoms with E-state index in [-0.39, 0.29) is 5.56 Å². The first-order valence-corrected chi connectivity index (χ1v) is 13.3. The van der Waals surface area contributed by atoms with Crippen LogP contribution < -0.4 is 10.5 Å². The van der Waals surface area contributed by atoms with Gasteiger partial charge in [0.2, 0.25) is 5.13 Å². The fourth-order valence-corrected chi connectivity index (χ4v) is 6.31. The van der Waals surface area contributed by atoms with Gasteiger partial charge in [0.15, 0.2) is 5.01 Å². The highest BCUT2D eigenvalue weighted by Crippen LogP contribution is 2.34. The topological polar surface area (TPSA) is 66.6 Å². The van der Waals surface area contributed by atoms with E-state index >= 15 is 0 Å². The smallest absolute Gasteiger partial charge is 0.257 e. The van der Waals surface area contributed by atoms with E-state index in [9.17, 15) is 9.18 Å². The summed E-state index contributed by atoms with van der Waals surface area (Å²) in [6.45, 7) is 4.46. The van der Waals surface area contributed by atoms with Crippen molar-refractivity contribution in [2.75, 3.05) is 31.1 Å². The number of fused-ring (bicyclic) bond motifs is 1. The second-order valence-electron chi connectivity index (χ2n) is 9.59. The number of halogens is 1. The minimum Gasteiger partial charge on any atom is -0.347 e. The lowest BCUT2D eigenvalue weighted by molar-refractivity contribution is 0.141. The van der Waals surface area contributed by atoms with Crippen molar-refractivity contribution in [3.05, 3.63) is 58.7 Å². The number of piperidine rings is 2. The molecule has 7 nitrogen and oxygen atoms in total. The van der Waals surface area contributed by atoms with Crippen LogP contribution in [0.15, 0.2) is 47.5 Å². The minimum atomic E-state index is -0.978. The zero-order valence-corrected chi connectivity index (χ0v) is 20.5. The average molecular weight is 493 g/mol. The summed E-state index contributed by atoms with van der Waals surface area (Å²) in [5.74, 6) is 0. The molecule has 0 bridgehead atoms. The van der Waals surface area contributed by atoms with Gasteiger partial charge in [0, 0.05) is 55.1 Å². The summed E-state index contributed by atoms with van der Waals surface area (Å²) >= 11 is 1.56. The maximum atomic E-state index is 13.7. The molecule has 1 aliphatic carbocycles. The van der Waals surface area contributed by atoms with Crippen LogP contribution in [0.3, 0.4) is 0 Å². The Morgan fingerprint density at radius 1 is 1.06 bits per heavy atom. The number of likely N-dealkylation sites (tertiary alicyclic amines) is 1. The Kier molecular flexibility index (Phi) is 6.20. The molecular formula is C26H29FN6OS. The quantitative estimate of drug-likeness (QED) is 0.540. The van der Waals surface area contributed by atoms with E-state index in [1.807, 2.05) is 12.1 Å². The van der Waals surface area contributed by atoms with Crippen LogP contribution in [-0.2, 0) is 0 Å². The van der Waals surface area contributed by atoms with Gasteiger partial charge in [0.05, 0.1) is 0 Å². The molecule has 35 heavy (non-hydrogen) atoms. The van der Waals surface area contributed by atoms with Gasteiger partial charge in [0.1, 0.15) is 11.8 Å². The molecular weight excluding hydrogens is 463 g/mol. The highest BCUT2D eigenvalue weighted by atomic mass is 32.1. The Labute approximate surface area is 207 Å². The number of aromatic nitrogens is 4. The van der Waals surface area contributed by atoms with Crippen LogP contribution in [0.2, 0.25) is 0 Å². The van der Waals surface area contributed by atoms with Gasteiger partial charge in [-0.05, 0) is 56.5 Å². The van der Waals surface area contributed by atoms with E-state index < -0.39 is 6.17 Å². The van der Waals surface area contributed by atoms with Crippen molar-refractivity contribution < 1.29 is 4.39 Å². The van der Waals surface area contributed by atoms with Crippen molar-refractivity contribution in [1.29, 1.82) is 0 Å². The standard InChI is InChI=1S/C26H29FN6OS/c27-20-6-4-18(5-7-20)22-16-19(17-33-23(34)8-11-28-24(22)33)25-29-30-26(35-25)32-14-9-21(10-15-32)31-12-2-1-3-13-31/h4-6,8,11,16-17,20-21H,1-3,7,9-10,12-15H2. The van der Waals surface area contributed by atoms with Crippen molar-refractivity contribution in [3.63, 3.8) is 0 Å². The van der Waals surface area contributed by atoms with E-state index in [2.05, 4.69) is 25.0 Å². The minimum absolute atomic E-state index is 0.161. The fourth-order valence-electron chi connectivity index (χ4n) is 5.43. The predicted molar refractivity (Wildman–Crippen MR) is 138 cm³/mol. The number of rotatable bonds is 4. The lowest BCUT2D eigenvalue weighted by Gasteiger charge is -2.40. The molecule has 3 aromatic heterocycles. The third-order valence-electron chi connectivity index (χ3n) is 7.35. The van der Waals surface area contributed by atoms with Gasteiger partial charge in [-0.1, -0.05) is 29.9 Å². The lowest BCUT2D eigenvalue weighted by Crippen LogP contribution is -2.46. The Morgan fingerprint density at radius 2 is 1.89 bits per heavy atom. The average Bonchev–Trinajstić information content (AvgIpc) is 3.40. The molecule has 182 valence electrons. The second-order valence-corrected chi connectivity index (χ2v) is 10.6. The Bertz CT molecular complexity index is 1330. The molecule has 0 spiro atoms. The van der Waals surface area contributed by atoms with Crippen molar-refractivity contribution in [2.24, 2.45) is 0 Å². The molecule has 2 aliphatic heterocycles. The number of hydrogen-bond donors (Lipinski definition) is 0. The largest absolute Gasteiger partial charge is 0.347 e. The molecule has 3 aliphatic rings. The number of anilines is 1. The summed E-state index contributed by atoms with van der Waals surface area (Å²) in [5, 5.41) is 10.7. The molecule has 1 atom stereocenters. The number of pyridine rings is 1. The van der Waals surface area contributed by atoms with Crippen LogP contribution in [0.5, 0.6) is 0 Å². The van der Waals surface area contributed by atoms with Crippen LogP contribution in [0.4, 0.5) is 9.52 Å². The maximum Gasteiger partial charge on any atom is 0.257 e. The highest BCUT2D eigenvalue weighted by molar-refractivity contribution is 7.18. The van der Waals surface area contributed by atoms with Gasteiger partial charge in [-0.3, -0.25) is 9.20 Å². The van der Waals surface area contributed by atoms with Gasteiger partial charge < -0.3 is 9.80 Å². The molecule has 5 heterocycles. The summed E-state index contributed by atoms with van der Waals surface area (Å²) in [5.41, 5.74) is 2.86.